The molecule has 3 aromatic heterocycles. The third-order valence-electron chi connectivity index (χ3n) is 5.81. The molecular formula is C26H20N4O2S. The standard InChI is InChI=1S/C26H20N4O2S/c31-22-13-18-3-1-2-4-20(18)25(22)30-26-29-21-6-5-19(15-23(21)33-26)32-24-14-17(9-12-28-24)16-7-10-27-11-8-16/h1-12,14-15,22,25,31H,13H2,(H,29,30)/t22-,25+/m0/s1. The van der Waals surface area contributed by atoms with Gasteiger partial charge in [0.25, 0.3) is 0 Å². The number of thiazole rings is 1. The Kier molecular flexibility index (Phi) is 4.97. The van der Waals surface area contributed by atoms with Crippen molar-refractivity contribution in [2.24, 2.45) is 0 Å². The first-order valence-corrected chi connectivity index (χ1v) is 11.5. The summed E-state index contributed by atoms with van der Waals surface area (Å²) in [4.78, 5) is 13.1. The summed E-state index contributed by atoms with van der Waals surface area (Å²) < 4.78 is 7.05. The minimum atomic E-state index is -0.466. The molecule has 0 amide bonds. The van der Waals surface area contributed by atoms with Crippen LogP contribution in [0.2, 0.25) is 0 Å². The van der Waals surface area contributed by atoms with Crippen LogP contribution < -0.4 is 10.1 Å². The fourth-order valence-corrected chi connectivity index (χ4v) is 5.15. The molecule has 6 nitrogen and oxygen atoms in total. The van der Waals surface area contributed by atoms with E-state index in [1.54, 1.807) is 29.9 Å². The van der Waals surface area contributed by atoms with E-state index in [-0.39, 0.29) is 6.04 Å². The van der Waals surface area contributed by atoms with Crippen LogP contribution in [0.15, 0.2) is 85.3 Å². The molecule has 0 saturated carbocycles. The molecule has 2 N–H and O–H groups in total. The molecule has 2 atom stereocenters. The highest BCUT2D eigenvalue weighted by atomic mass is 32.1. The molecule has 0 aliphatic heterocycles. The number of nitrogens with one attached hydrogen (secondary N) is 1. The van der Waals surface area contributed by atoms with Gasteiger partial charge < -0.3 is 15.2 Å². The second kappa shape index (κ2) is 8.27. The number of benzene rings is 2. The summed E-state index contributed by atoms with van der Waals surface area (Å²) >= 11 is 1.54. The molecule has 0 fully saturated rings. The monoisotopic (exact) mass is 452 g/mol. The zero-order valence-corrected chi connectivity index (χ0v) is 18.4. The van der Waals surface area contributed by atoms with Crippen LogP contribution >= 0.6 is 11.3 Å². The van der Waals surface area contributed by atoms with E-state index in [0.29, 0.717) is 18.1 Å². The van der Waals surface area contributed by atoms with Crippen molar-refractivity contribution in [2.75, 3.05) is 5.32 Å². The van der Waals surface area contributed by atoms with Gasteiger partial charge in [0.05, 0.1) is 22.4 Å². The molecule has 1 aliphatic rings. The van der Waals surface area contributed by atoms with Gasteiger partial charge in [0.1, 0.15) is 5.75 Å². The summed E-state index contributed by atoms with van der Waals surface area (Å²) in [7, 11) is 0. The summed E-state index contributed by atoms with van der Waals surface area (Å²) in [6.45, 7) is 0. The van der Waals surface area contributed by atoms with Gasteiger partial charge in [-0.3, -0.25) is 4.98 Å². The minimum absolute atomic E-state index is 0.155. The van der Waals surface area contributed by atoms with Gasteiger partial charge in [-0.2, -0.15) is 0 Å². The number of nitrogens with zero attached hydrogens (tertiary/aromatic N) is 3. The number of aromatic nitrogens is 3. The van der Waals surface area contributed by atoms with Gasteiger partial charge in [0, 0.05) is 37.1 Å². The lowest BCUT2D eigenvalue weighted by Crippen LogP contribution is -2.20. The highest BCUT2D eigenvalue weighted by Gasteiger charge is 2.31. The average molecular weight is 453 g/mol. The second-order valence-corrected chi connectivity index (χ2v) is 8.99. The predicted molar refractivity (Wildman–Crippen MR) is 130 cm³/mol. The van der Waals surface area contributed by atoms with E-state index in [1.165, 1.54) is 5.56 Å². The SMILES string of the molecule is O[C@H]1Cc2ccccc2[C@H]1Nc1nc2ccc(Oc3cc(-c4ccncc4)ccn3)cc2s1. The molecule has 0 unspecified atom stereocenters. The lowest BCUT2D eigenvalue weighted by molar-refractivity contribution is 0.166. The van der Waals surface area contributed by atoms with Gasteiger partial charge >= 0.3 is 0 Å². The highest BCUT2D eigenvalue weighted by Crippen LogP contribution is 2.37. The molecule has 3 heterocycles. The molecular weight excluding hydrogens is 432 g/mol. The van der Waals surface area contributed by atoms with Crippen LogP contribution in [0.1, 0.15) is 17.2 Å². The lowest BCUT2D eigenvalue weighted by atomic mass is 10.1. The van der Waals surface area contributed by atoms with E-state index in [1.807, 2.05) is 54.6 Å². The summed E-state index contributed by atoms with van der Waals surface area (Å²) in [6, 6.07) is 21.6. The van der Waals surface area contributed by atoms with E-state index >= 15 is 0 Å². The molecule has 1 aliphatic carbocycles. The number of hydrogen-bond acceptors (Lipinski definition) is 7. The van der Waals surface area contributed by atoms with Gasteiger partial charge in [-0.25, -0.2) is 9.97 Å². The van der Waals surface area contributed by atoms with Crippen LogP contribution in [0, 0.1) is 0 Å². The van der Waals surface area contributed by atoms with Crippen LogP contribution in [0.25, 0.3) is 21.3 Å². The van der Waals surface area contributed by atoms with Crippen molar-refractivity contribution in [2.45, 2.75) is 18.6 Å². The Hall–Kier alpha value is -3.81. The molecule has 0 saturated heterocycles. The van der Waals surface area contributed by atoms with Crippen molar-refractivity contribution in [1.29, 1.82) is 0 Å². The zero-order valence-electron chi connectivity index (χ0n) is 17.6. The van der Waals surface area contributed by atoms with E-state index < -0.39 is 6.10 Å². The van der Waals surface area contributed by atoms with Gasteiger partial charge in [0.2, 0.25) is 5.88 Å². The first-order chi connectivity index (χ1) is 16.2. The Labute approximate surface area is 194 Å². The van der Waals surface area contributed by atoms with E-state index in [0.717, 1.165) is 32.0 Å². The van der Waals surface area contributed by atoms with Crippen molar-refractivity contribution in [3.8, 4) is 22.8 Å². The Bertz CT molecular complexity index is 1440. The number of fused-ring (bicyclic) bond motifs is 2. The molecule has 2 aromatic carbocycles. The molecule has 0 spiro atoms. The zero-order chi connectivity index (χ0) is 22.2. The molecule has 0 bridgehead atoms. The molecule has 0 radical (unpaired) electrons. The number of ether oxygens (including phenoxy) is 1. The average Bonchev–Trinajstić information content (AvgIpc) is 3.39. The number of aliphatic hydroxyl groups excluding tert-OH is 1. The molecule has 33 heavy (non-hydrogen) atoms. The second-order valence-electron chi connectivity index (χ2n) is 7.96. The quantitative estimate of drug-likeness (QED) is 0.360. The Balaban J connectivity index is 1.23. The predicted octanol–water partition coefficient (Wildman–Crippen LogP) is 5.62. The van der Waals surface area contributed by atoms with E-state index in [4.69, 9.17) is 9.72 Å². The largest absolute Gasteiger partial charge is 0.439 e. The van der Waals surface area contributed by atoms with Crippen LogP contribution in [0.3, 0.4) is 0 Å². The number of rotatable bonds is 5. The first-order valence-electron chi connectivity index (χ1n) is 10.7. The van der Waals surface area contributed by atoms with Gasteiger partial charge in [-0.15, -0.1) is 0 Å². The van der Waals surface area contributed by atoms with Crippen molar-refractivity contribution in [3.63, 3.8) is 0 Å². The normalized spacial score (nSPS) is 17.1. The first kappa shape index (κ1) is 19.8. The van der Waals surface area contributed by atoms with Crippen LogP contribution in [-0.2, 0) is 6.42 Å². The third kappa shape index (κ3) is 3.92. The minimum Gasteiger partial charge on any atom is -0.439 e. The number of aliphatic hydroxyl groups is 1. The number of anilines is 1. The number of pyridine rings is 2. The molecule has 7 heteroatoms. The van der Waals surface area contributed by atoms with Gasteiger partial charge in [-0.05, 0) is 52.6 Å². The summed E-state index contributed by atoms with van der Waals surface area (Å²) in [5, 5.41) is 14.8. The smallest absolute Gasteiger partial charge is 0.219 e. The Morgan fingerprint density at radius 2 is 1.79 bits per heavy atom. The summed E-state index contributed by atoms with van der Waals surface area (Å²) in [5.74, 6) is 1.22. The summed E-state index contributed by atoms with van der Waals surface area (Å²) in [6.07, 6.45) is 5.46. The lowest BCUT2D eigenvalue weighted by Gasteiger charge is -2.16. The number of hydrogen-bond donors (Lipinski definition) is 2. The van der Waals surface area contributed by atoms with Gasteiger partial charge in [0.15, 0.2) is 5.13 Å². The fraction of sp³-hybridized carbons (Fsp3) is 0.115. The topological polar surface area (TPSA) is 80.2 Å². The Morgan fingerprint density at radius 3 is 2.70 bits per heavy atom. The maximum Gasteiger partial charge on any atom is 0.219 e. The molecule has 5 aromatic rings. The van der Waals surface area contributed by atoms with Crippen molar-refractivity contribution in [3.05, 3.63) is 96.4 Å². The molecule has 6 rings (SSSR count). The molecule has 162 valence electrons. The van der Waals surface area contributed by atoms with Crippen LogP contribution in [0.4, 0.5) is 5.13 Å². The third-order valence-corrected chi connectivity index (χ3v) is 6.76. The highest BCUT2D eigenvalue weighted by molar-refractivity contribution is 7.22. The van der Waals surface area contributed by atoms with Gasteiger partial charge in [-0.1, -0.05) is 35.6 Å². The maximum atomic E-state index is 10.5. The van der Waals surface area contributed by atoms with Crippen molar-refractivity contribution in [1.82, 2.24) is 15.0 Å². The van der Waals surface area contributed by atoms with Crippen LogP contribution in [0.5, 0.6) is 11.6 Å². The fourth-order valence-electron chi connectivity index (χ4n) is 4.22. The van der Waals surface area contributed by atoms with E-state index in [9.17, 15) is 5.11 Å². The van der Waals surface area contributed by atoms with Crippen LogP contribution in [-0.4, -0.2) is 26.2 Å². The van der Waals surface area contributed by atoms with Crippen molar-refractivity contribution < 1.29 is 9.84 Å². The van der Waals surface area contributed by atoms with E-state index in [2.05, 4.69) is 27.4 Å². The Morgan fingerprint density at radius 1 is 0.939 bits per heavy atom. The summed E-state index contributed by atoms with van der Waals surface area (Å²) in [5.41, 5.74) is 5.27. The van der Waals surface area contributed by atoms with Crippen molar-refractivity contribution >= 4 is 26.7 Å². The maximum absolute atomic E-state index is 10.5.